The highest BCUT2D eigenvalue weighted by Gasteiger charge is 2.11. The van der Waals surface area contributed by atoms with Crippen molar-refractivity contribution in [1.82, 2.24) is 0 Å². The number of esters is 2. The molecule has 0 aromatic heterocycles. The van der Waals surface area contributed by atoms with Crippen molar-refractivity contribution in [1.29, 1.82) is 0 Å². The molecule has 0 radical (unpaired) electrons. The van der Waals surface area contributed by atoms with E-state index in [0.29, 0.717) is 24.7 Å². The lowest BCUT2D eigenvalue weighted by molar-refractivity contribution is -0.146. The van der Waals surface area contributed by atoms with Gasteiger partial charge >= 0.3 is 11.9 Å². The van der Waals surface area contributed by atoms with E-state index in [1.807, 2.05) is 48.5 Å². The summed E-state index contributed by atoms with van der Waals surface area (Å²) >= 11 is 0. The van der Waals surface area contributed by atoms with Crippen molar-refractivity contribution >= 4 is 23.1 Å². The maximum atomic E-state index is 11.5. The quantitative estimate of drug-likeness (QED) is 0.329. The van der Waals surface area contributed by atoms with E-state index in [-0.39, 0.29) is 25.2 Å². The second kappa shape index (κ2) is 13.2. The minimum Gasteiger partial charge on any atom is -0.482 e. The third-order valence-corrected chi connectivity index (χ3v) is 4.80. The number of hydrogen-bond donors (Lipinski definition) is 0. The van der Waals surface area contributed by atoms with Crippen LogP contribution in [0.25, 0.3) is 11.1 Å². The van der Waals surface area contributed by atoms with Crippen LogP contribution >= 0.6 is 0 Å². The van der Waals surface area contributed by atoms with Gasteiger partial charge in [-0.1, -0.05) is 38.1 Å². The summed E-state index contributed by atoms with van der Waals surface area (Å²) in [5.41, 5.74) is 4.69. The molecule has 0 bridgehead atoms. The maximum Gasteiger partial charge on any atom is 0.344 e. The lowest BCUT2D eigenvalue weighted by Crippen LogP contribution is -2.14. The average Bonchev–Trinajstić information content (AvgIpc) is 2.81. The van der Waals surface area contributed by atoms with E-state index >= 15 is 0 Å². The van der Waals surface area contributed by atoms with Crippen LogP contribution in [-0.2, 0) is 19.1 Å². The molecule has 0 aliphatic carbocycles. The predicted octanol–water partition coefficient (Wildman–Crippen LogP) is 5.30. The van der Waals surface area contributed by atoms with E-state index in [1.54, 1.807) is 13.8 Å². The first kappa shape index (κ1) is 25.0. The molecule has 0 heterocycles. The van der Waals surface area contributed by atoms with Crippen LogP contribution in [-0.4, -0.2) is 38.4 Å². The lowest BCUT2D eigenvalue weighted by atomic mass is 9.91. The molecule has 2 aromatic rings. The minimum absolute atomic E-state index is 0.103. The van der Waals surface area contributed by atoms with Crippen LogP contribution in [0.5, 0.6) is 11.5 Å². The summed E-state index contributed by atoms with van der Waals surface area (Å²) in [5.74, 6) is 0.485. The van der Waals surface area contributed by atoms with Crippen LogP contribution in [0, 0.1) is 0 Å². The van der Waals surface area contributed by atoms with E-state index in [2.05, 4.69) is 13.8 Å². The van der Waals surface area contributed by atoms with Crippen molar-refractivity contribution in [2.24, 2.45) is 0 Å². The summed E-state index contributed by atoms with van der Waals surface area (Å²) < 4.78 is 20.7. The Morgan fingerprint density at radius 1 is 0.594 bits per heavy atom. The maximum absolute atomic E-state index is 11.5. The summed E-state index contributed by atoms with van der Waals surface area (Å²) in [7, 11) is 0. The molecule has 0 atom stereocenters. The summed E-state index contributed by atoms with van der Waals surface area (Å²) in [6, 6.07) is 15.5. The Morgan fingerprint density at radius 3 is 1.22 bits per heavy atom. The Balaban J connectivity index is 2.14. The number of carbonyl (C=O) groups excluding carboxylic acids is 2. The molecule has 2 rings (SSSR count). The Labute approximate surface area is 190 Å². The van der Waals surface area contributed by atoms with Crippen LogP contribution in [0.1, 0.15) is 51.7 Å². The summed E-state index contributed by atoms with van der Waals surface area (Å²) in [6.45, 7) is 8.26. The van der Waals surface area contributed by atoms with Gasteiger partial charge in [-0.3, -0.25) is 0 Å². The SMILES string of the molecule is CCOC(=O)COc1ccc(C(CC)=C(CC)c2ccc(OCC(=O)OCC)cc2)cc1. The van der Waals surface area contributed by atoms with Crippen molar-refractivity contribution in [3.63, 3.8) is 0 Å². The molecule has 0 saturated heterocycles. The van der Waals surface area contributed by atoms with Crippen LogP contribution in [0.4, 0.5) is 0 Å². The van der Waals surface area contributed by atoms with Crippen LogP contribution in [0.15, 0.2) is 48.5 Å². The normalized spacial score (nSPS) is 11.4. The Hall–Kier alpha value is -3.28. The minimum atomic E-state index is -0.381. The molecule has 0 N–H and O–H groups in total. The molecule has 0 spiro atoms. The molecule has 6 nitrogen and oxygen atoms in total. The molecule has 0 unspecified atom stereocenters. The standard InChI is InChI=1S/C26H32O6/c1-5-23(19-9-13-21(14-10-19)31-17-25(27)29-7-3)24(6-2)20-11-15-22(16-12-20)32-18-26(28)30-8-4/h9-16H,5-8,17-18H2,1-4H3. The number of allylic oxidation sites excluding steroid dienone is 2. The Bertz CT molecular complexity index is 821. The highest BCUT2D eigenvalue weighted by molar-refractivity contribution is 5.90. The zero-order chi connectivity index (χ0) is 23.3. The van der Waals surface area contributed by atoms with E-state index in [4.69, 9.17) is 18.9 Å². The van der Waals surface area contributed by atoms with Crippen LogP contribution in [0.2, 0.25) is 0 Å². The van der Waals surface area contributed by atoms with Gasteiger partial charge in [0.15, 0.2) is 13.2 Å². The molecule has 2 aromatic carbocycles. The molecule has 0 saturated carbocycles. The number of hydrogen-bond acceptors (Lipinski definition) is 6. The molecule has 0 aliphatic heterocycles. The fourth-order valence-corrected chi connectivity index (χ4v) is 3.38. The van der Waals surface area contributed by atoms with Gasteiger partial charge in [0.2, 0.25) is 0 Å². The fraction of sp³-hybridized carbons (Fsp3) is 0.385. The lowest BCUT2D eigenvalue weighted by Gasteiger charge is -2.15. The largest absolute Gasteiger partial charge is 0.482 e. The van der Waals surface area contributed by atoms with E-state index in [9.17, 15) is 9.59 Å². The van der Waals surface area contributed by atoms with Crippen molar-refractivity contribution in [2.45, 2.75) is 40.5 Å². The smallest absolute Gasteiger partial charge is 0.344 e. The summed E-state index contributed by atoms with van der Waals surface area (Å²) in [5, 5.41) is 0. The predicted molar refractivity (Wildman–Crippen MR) is 125 cm³/mol. The second-order valence-corrected chi connectivity index (χ2v) is 6.90. The van der Waals surface area contributed by atoms with E-state index < -0.39 is 0 Å². The highest BCUT2D eigenvalue weighted by Crippen LogP contribution is 2.33. The van der Waals surface area contributed by atoms with E-state index in [1.165, 1.54) is 11.1 Å². The third-order valence-electron chi connectivity index (χ3n) is 4.80. The van der Waals surface area contributed by atoms with Gasteiger partial charge in [-0.2, -0.15) is 0 Å². The van der Waals surface area contributed by atoms with Gasteiger partial charge in [0, 0.05) is 0 Å². The number of rotatable bonds is 12. The Morgan fingerprint density at radius 2 is 0.938 bits per heavy atom. The second-order valence-electron chi connectivity index (χ2n) is 6.90. The third kappa shape index (κ3) is 7.45. The molecular weight excluding hydrogens is 408 g/mol. The molecule has 0 fully saturated rings. The van der Waals surface area contributed by atoms with Gasteiger partial charge in [0.05, 0.1) is 13.2 Å². The first-order chi connectivity index (χ1) is 15.5. The van der Waals surface area contributed by atoms with Crippen molar-refractivity contribution in [3.8, 4) is 11.5 Å². The molecule has 32 heavy (non-hydrogen) atoms. The molecular formula is C26H32O6. The molecule has 0 aliphatic rings. The van der Waals surface area contributed by atoms with E-state index in [0.717, 1.165) is 24.0 Å². The van der Waals surface area contributed by atoms with Crippen molar-refractivity contribution in [2.75, 3.05) is 26.4 Å². The topological polar surface area (TPSA) is 71.1 Å². The van der Waals surface area contributed by atoms with Gasteiger partial charge < -0.3 is 18.9 Å². The number of benzene rings is 2. The van der Waals surface area contributed by atoms with Gasteiger partial charge in [0.25, 0.3) is 0 Å². The zero-order valence-electron chi connectivity index (χ0n) is 19.3. The van der Waals surface area contributed by atoms with Gasteiger partial charge in [-0.25, -0.2) is 9.59 Å². The van der Waals surface area contributed by atoms with Gasteiger partial charge in [-0.05, 0) is 73.2 Å². The Kier molecular flexibility index (Phi) is 10.3. The molecule has 172 valence electrons. The number of ether oxygens (including phenoxy) is 4. The average molecular weight is 441 g/mol. The van der Waals surface area contributed by atoms with Gasteiger partial charge in [0.1, 0.15) is 11.5 Å². The van der Waals surface area contributed by atoms with Crippen molar-refractivity contribution in [3.05, 3.63) is 59.7 Å². The zero-order valence-corrected chi connectivity index (χ0v) is 19.3. The first-order valence-corrected chi connectivity index (χ1v) is 11.0. The summed E-state index contributed by atoms with van der Waals surface area (Å²) in [4.78, 5) is 22.9. The fourth-order valence-electron chi connectivity index (χ4n) is 3.38. The van der Waals surface area contributed by atoms with Crippen LogP contribution < -0.4 is 9.47 Å². The summed E-state index contributed by atoms with van der Waals surface area (Å²) in [6.07, 6.45) is 1.74. The highest BCUT2D eigenvalue weighted by atomic mass is 16.6. The molecule has 6 heteroatoms. The monoisotopic (exact) mass is 440 g/mol. The van der Waals surface area contributed by atoms with Gasteiger partial charge in [-0.15, -0.1) is 0 Å². The molecule has 0 amide bonds. The number of carbonyl (C=O) groups is 2. The first-order valence-electron chi connectivity index (χ1n) is 11.0. The van der Waals surface area contributed by atoms with Crippen LogP contribution in [0.3, 0.4) is 0 Å². The van der Waals surface area contributed by atoms with Crippen molar-refractivity contribution < 1.29 is 28.5 Å².